The van der Waals surface area contributed by atoms with Crippen LogP contribution < -0.4 is 0 Å². The predicted octanol–water partition coefficient (Wildman–Crippen LogP) is 15.0. The molecular formula is C51H101O10P. The maximum Gasteiger partial charge on any atom is 0.472 e. The molecule has 0 bridgehead atoms. The first kappa shape index (κ1) is 61.0. The summed E-state index contributed by atoms with van der Waals surface area (Å²) in [7, 11) is -4.62. The molecule has 11 heteroatoms. The number of unbranched alkanes of at least 4 members (excludes halogenated alkanes) is 37. The van der Waals surface area contributed by atoms with E-state index < -0.39 is 51.8 Å². The molecule has 0 aromatic heterocycles. The van der Waals surface area contributed by atoms with Crippen molar-refractivity contribution in [3.05, 3.63) is 0 Å². The van der Waals surface area contributed by atoms with E-state index in [0.717, 1.165) is 32.1 Å². The van der Waals surface area contributed by atoms with Crippen molar-refractivity contribution < 1.29 is 47.8 Å². The molecule has 0 saturated heterocycles. The molecule has 0 aliphatic heterocycles. The molecule has 0 aliphatic rings. The van der Waals surface area contributed by atoms with Crippen LogP contribution in [-0.4, -0.2) is 65.7 Å². The van der Waals surface area contributed by atoms with Crippen molar-refractivity contribution >= 4 is 19.8 Å². The highest BCUT2D eigenvalue weighted by Crippen LogP contribution is 2.43. The molecule has 0 saturated carbocycles. The summed E-state index contributed by atoms with van der Waals surface area (Å²) < 4.78 is 32.9. The summed E-state index contributed by atoms with van der Waals surface area (Å²) >= 11 is 0. The van der Waals surface area contributed by atoms with Gasteiger partial charge in [0.2, 0.25) is 0 Å². The number of aliphatic hydroxyl groups is 2. The lowest BCUT2D eigenvalue weighted by molar-refractivity contribution is -0.161. The van der Waals surface area contributed by atoms with Crippen LogP contribution in [0.4, 0.5) is 0 Å². The molecule has 3 N–H and O–H groups in total. The van der Waals surface area contributed by atoms with Crippen molar-refractivity contribution in [2.75, 3.05) is 26.4 Å². The number of hydrogen-bond donors (Lipinski definition) is 3. The van der Waals surface area contributed by atoms with E-state index in [0.29, 0.717) is 12.8 Å². The van der Waals surface area contributed by atoms with Gasteiger partial charge >= 0.3 is 19.8 Å². The van der Waals surface area contributed by atoms with Crippen LogP contribution in [0.25, 0.3) is 0 Å². The molecule has 0 spiro atoms. The zero-order valence-electron chi connectivity index (χ0n) is 40.6. The van der Waals surface area contributed by atoms with Gasteiger partial charge in [0.1, 0.15) is 12.7 Å². The molecule has 0 amide bonds. The van der Waals surface area contributed by atoms with Gasteiger partial charge in [-0.25, -0.2) is 4.57 Å². The van der Waals surface area contributed by atoms with Crippen LogP contribution in [0.3, 0.4) is 0 Å². The van der Waals surface area contributed by atoms with E-state index in [1.165, 1.54) is 205 Å². The van der Waals surface area contributed by atoms with Gasteiger partial charge in [-0.2, -0.15) is 0 Å². The molecule has 0 aromatic rings. The second-order valence-electron chi connectivity index (χ2n) is 18.3. The molecule has 1 unspecified atom stereocenters. The highest BCUT2D eigenvalue weighted by Gasteiger charge is 2.27. The highest BCUT2D eigenvalue weighted by atomic mass is 31.2. The fraction of sp³-hybridized carbons (Fsp3) is 0.961. The lowest BCUT2D eigenvalue weighted by Gasteiger charge is -2.20. The number of carbonyl (C=O) groups excluding carboxylic acids is 2. The van der Waals surface area contributed by atoms with Crippen molar-refractivity contribution in [3.8, 4) is 0 Å². The molecule has 0 heterocycles. The third kappa shape index (κ3) is 46.9. The van der Waals surface area contributed by atoms with Crippen LogP contribution in [0.1, 0.15) is 277 Å². The number of hydrogen-bond acceptors (Lipinski definition) is 9. The van der Waals surface area contributed by atoms with Crippen LogP contribution in [0.15, 0.2) is 0 Å². The molecule has 0 fully saturated rings. The van der Waals surface area contributed by atoms with Gasteiger partial charge in [0.05, 0.1) is 19.8 Å². The van der Waals surface area contributed by atoms with E-state index in [1.807, 2.05) is 0 Å². The van der Waals surface area contributed by atoms with Crippen molar-refractivity contribution in [1.29, 1.82) is 0 Å². The molecule has 370 valence electrons. The minimum Gasteiger partial charge on any atom is -0.462 e. The van der Waals surface area contributed by atoms with Gasteiger partial charge in [-0.15, -0.1) is 0 Å². The number of esters is 2. The average molecular weight is 905 g/mol. The lowest BCUT2D eigenvalue weighted by atomic mass is 10.0. The Hall–Kier alpha value is -1.03. The third-order valence-electron chi connectivity index (χ3n) is 12.0. The van der Waals surface area contributed by atoms with Crippen LogP contribution in [0, 0.1) is 0 Å². The summed E-state index contributed by atoms with van der Waals surface area (Å²) in [5, 5.41) is 18.4. The third-order valence-corrected chi connectivity index (χ3v) is 13.0. The summed E-state index contributed by atoms with van der Waals surface area (Å²) in [6.45, 7) is 2.46. The summed E-state index contributed by atoms with van der Waals surface area (Å²) in [6, 6.07) is 0. The molecular weight excluding hydrogens is 804 g/mol. The minimum absolute atomic E-state index is 0.193. The number of phosphoric acid groups is 1. The summed E-state index contributed by atoms with van der Waals surface area (Å²) in [6.07, 6.45) is 47.8. The second kappa shape index (κ2) is 47.9. The predicted molar refractivity (Wildman–Crippen MR) is 256 cm³/mol. The summed E-state index contributed by atoms with van der Waals surface area (Å²) in [5.74, 6) is -0.901. The standard InChI is InChI=1S/C51H101O10P/c1-3-5-7-9-11-13-15-17-19-21-23-25-26-28-30-32-34-36-38-40-42-50(54)58-46-49(47-60-62(56,57)59-45-48(53)44-52)61-51(55)43-41-39-37-35-33-31-29-27-24-22-20-18-16-14-12-10-8-6-4-2/h48-49,52-53H,3-47H2,1-2H3,(H,56,57)/t48-,49+/m0/s1. The monoisotopic (exact) mass is 905 g/mol. The molecule has 0 aromatic carbocycles. The zero-order chi connectivity index (χ0) is 45.5. The number of aliphatic hydroxyl groups excluding tert-OH is 2. The van der Waals surface area contributed by atoms with Gasteiger partial charge in [-0.3, -0.25) is 18.6 Å². The SMILES string of the molecule is CCCCCCCCCCCCCCCCCCCCCCC(=O)OC[C@H](COP(=O)(O)OC[C@@H](O)CO)OC(=O)CCCCCCCCCCCCCCCCCCCCC. The number of ether oxygens (including phenoxy) is 2. The van der Waals surface area contributed by atoms with E-state index in [4.69, 9.17) is 23.6 Å². The van der Waals surface area contributed by atoms with E-state index in [2.05, 4.69) is 13.8 Å². The minimum atomic E-state index is -4.62. The van der Waals surface area contributed by atoms with Crippen molar-refractivity contribution in [3.63, 3.8) is 0 Å². The number of phosphoric ester groups is 1. The Morgan fingerprint density at radius 2 is 0.694 bits per heavy atom. The summed E-state index contributed by atoms with van der Waals surface area (Å²) in [4.78, 5) is 35.2. The van der Waals surface area contributed by atoms with Crippen LogP contribution in [-0.2, 0) is 32.7 Å². The molecule has 0 rings (SSSR count). The number of rotatable bonds is 51. The van der Waals surface area contributed by atoms with Crippen molar-refractivity contribution in [2.24, 2.45) is 0 Å². The fourth-order valence-corrected chi connectivity index (χ4v) is 8.73. The Morgan fingerprint density at radius 3 is 1.00 bits per heavy atom. The average Bonchev–Trinajstić information content (AvgIpc) is 3.26. The van der Waals surface area contributed by atoms with E-state index >= 15 is 0 Å². The Labute approximate surface area is 382 Å². The van der Waals surface area contributed by atoms with E-state index in [-0.39, 0.29) is 19.4 Å². The molecule has 62 heavy (non-hydrogen) atoms. The van der Waals surface area contributed by atoms with Gasteiger partial charge in [0.15, 0.2) is 6.10 Å². The van der Waals surface area contributed by atoms with Gasteiger partial charge in [0.25, 0.3) is 0 Å². The van der Waals surface area contributed by atoms with Gasteiger partial charge in [0, 0.05) is 12.8 Å². The first-order chi connectivity index (χ1) is 30.2. The zero-order valence-corrected chi connectivity index (χ0v) is 41.5. The first-order valence-electron chi connectivity index (χ1n) is 26.5. The largest absolute Gasteiger partial charge is 0.472 e. The quantitative estimate of drug-likeness (QED) is 0.0306. The Morgan fingerprint density at radius 1 is 0.419 bits per heavy atom. The topological polar surface area (TPSA) is 149 Å². The molecule has 10 nitrogen and oxygen atoms in total. The van der Waals surface area contributed by atoms with E-state index in [1.54, 1.807) is 0 Å². The van der Waals surface area contributed by atoms with Gasteiger partial charge in [-0.1, -0.05) is 251 Å². The highest BCUT2D eigenvalue weighted by molar-refractivity contribution is 7.47. The molecule has 3 atom stereocenters. The summed E-state index contributed by atoms with van der Waals surface area (Å²) in [5.41, 5.74) is 0. The fourth-order valence-electron chi connectivity index (χ4n) is 7.94. The van der Waals surface area contributed by atoms with Gasteiger partial charge < -0.3 is 24.6 Å². The number of carbonyl (C=O) groups is 2. The molecule has 0 radical (unpaired) electrons. The Kier molecular flexibility index (Phi) is 47.1. The van der Waals surface area contributed by atoms with Crippen molar-refractivity contribution in [1.82, 2.24) is 0 Å². The van der Waals surface area contributed by atoms with Crippen LogP contribution in [0.2, 0.25) is 0 Å². The van der Waals surface area contributed by atoms with Crippen molar-refractivity contribution in [2.45, 2.75) is 289 Å². The second-order valence-corrected chi connectivity index (χ2v) is 19.7. The van der Waals surface area contributed by atoms with Crippen LogP contribution in [0.5, 0.6) is 0 Å². The first-order valence-corrected chi connectivity index (χ1v) is 28.0. The smallest absolute Gasteiger partial charge is 0.462 e. The Balaban J connectivity index is 4.10. The normalized spacial score (nSPS) is 13.6. The van der Waals surface area contributed by atoms with E-state index in [9.17, 15) is 24.2 Å². The Bertz CT molecular complexity index is 998. The maximum atomic E-state index is 12.7. The molecule has 0 aliphatic carbocycles. The van der Waals surface area contributed by atoms with Gasteiger partial charge in [-0.05, 0) is 12.8 Å². The van der Waals surface area contributed by atoms with Crippen LogP contribution >= 0.6 is 7.82 Å². The maximum absolute atomic E-state index is 12.7. The lowest BCUT2D eigenvalue weighted by Crippen LogP contribution is -2.29.